The third-order valence-electron chi connectivity index (χ3n) is 6.36. The van der Waals surface area contributed by atoms with E-state index in [2.05, 4.69) is 50.2 Å². The van der Waals surface area contributed by atoms with Crippen LogP contribution >= 0.6 is 0 Å². The fourth-order valence-electron chi connectivity index (χ4n) is 4.32. The summed E-state index contributed by atoms with van der Waals surface area (Å²) in [6.07, 6.45) is 3.79. The van der Waals surface area contributed by atoms with Crippen LogP contribution in [0.1, 0.15) is 43.0 Å². The van der Waals surface area contributed by atoms with Gasteiger partial charge in [-0.05, 0) is 81.2 Å². The molecule has 6 nitrogen and oxygen atoms in total. The fourth-order valence-corrected chi connectivity index (χ4v) is 4.32. The molecule has 2 aromatic carbocycles. The zero-order chi connectivity index (χ0) is 23.4. The maximum atomic E-state index is 13.3. The second-order valence-electron chi connectivity index (χ2n) is 9.01. The smallest absolute Gasteiger partial charge is 0.335 e. The molecule has 0 atom stereocenters. The summed E-state index contributed by atoms with van der Waals surface area (Å²) < 4.78 is 0. The predicted molar refractivity (Wildman–Crippen MR) is 127 cm³/mol. The number of imide groups is 2. The number of carbonyl (C=O) groups excluding carboxylic acids is 3. The van der Waals surface area contributed by atoms with Crippen LogP contribution in [0.2, 0.25) is 0 Å². The van der Waals surface area contributed by atoms with Crippen LogP contribution in [0.15, 0.2) is 48.0 Å². The quantitative estimate of drug-likeness (QED) is 0.559. The van der Waals surface area contributed by atoms with Gasteiger partial charge in [0.05, 0.1) is 11.2 Å². The van der Waals surface area contributed by atoms with Crippen molar-refractivity contribution in [2.45, 2.75) is 40.2 Å². The zero-order valence-electron chi connectivity index (χ0n) is 19.2. The number of likely N-dealkylation sites (N-methyl/N-ethyl adjacent to an activating group) is 1. The van der Waals surface area contributed by atoms with E-state index < -0.39 is 17.8 Å². The van der Waals surface area contributed by atoms with Gasteiger partial charge in [-0.15, -0.1) is 0 Å². The van der Waals surface area contributed by atoms with E-state index in [4.69, 9.17) is 0 Å². The maximum Gasteiger partial charge on any atom is 0.335 e. The van der Waals surface area contributed by atoms with Gasteiger partial charge in [0, 0.05) is 18.3 Å². The minimum Gasteiger partial charge on any atom is -0.365 e. The Morgan fingerprint density at radius 2 is 1.62 bits per heavy atom. The molecule has 0 aromatic heterocycles. The van der Waals surface area contributed by atoms with Crippen LogP contribution in [0.5, 0.6) is 0 Å². The highest BCUT2D eigenvalue weighted by atomic mass is 16.2. The molecule has 0 radical (unpaired) electrons. The number of allylic oxidation sites excluding steroid dienone is 1. The number of nitrogens with one attached hydrogen (secondary N) is 1. The van der Waals surface area contributed by atoms with Crippen molar-refractivity contribution in [3.8, 4) is 0 Å². The summed E-state index contributed by atoms with van der Waals surface area (Å²) in [4.78, 5) is 41.6. The molecule has 0 spiro atoms. The monoisotopic (exact) mass is 429 g/mol. The Labute approximate surface area is 188 Å². The van der Waals surface area contributed by atoms with Gasteiger partial charge in [0.25, 0.3) is 11.8 Å². The van der Waals surface area contributed by atoms with E-state index >= 15 is 0 Å². The Morgan fingerprint density at radius 3 is 2.31 bits per heavy atom. The first-order valence-corrected chi connectivity index (χ1v) is 10.6. The van der Waals surface area contributed by atoms with Crippen LogP contribution in [0.3, 0.4) is 0 Å². The lowest BCUT2D eigenvalue weighted by molar-refractivity contribution is -0.122. The van der Waals surface area contributed by atoms with E-state index in [1.807, 2.05) is 32.0 Å². The zero-order valence-corrected chi connectivity index (χ0v) is 19.2. The molecule has 4 rings (SSSR count). The van der Waals surface area contributed by atoms with Gasteiger partial charge in [0.1, 0.15) is 5.57 Å². The number of para-hydroxylation sites is 1. The number of rotatable bonds is 2. The minimum atomic E-state index is -0.740. The number of benzene rings is 2. The van der Waals surface area contributed by atoms with E-state index in [9.17, 15) is 14.4 Å². The number of barbiturate groups is 1. The number of fused-ring (bicyclic) bond motifs is 1. The summed E-state index contributed by atoms with van der Waals surface area (Å²) in [5.41, 5.74) is 6.04. The van der Waals surface area contributed by atoms with Crippen molar-refractivity contribution in [2.24, 2.45) is 0 Å². The van der Waals surface area contributed by atoms with Gasteiger partial charge >= 0.3 is 6.03 Å². The summed E-state index contributed by atoms with van der Waals surface area (Å²) >= 11 is 0. The van der Waals surface area contributed by atoms with Gasteiger partial charge in [-0.25, -0.2) is 9.69 Å². The number of amides is 4. The average molecular weight is 430 g/mol. The van der Waals surface area contributed by atoms with E-state index in [0.29, 0.717) is 5.69 Å². The molecule has 32 heavy (non-hydrogen) atoms. The first-order valence-electron chi connectivity index (χ1n) is 10.6. The third kappa shape index (κ3) is 3.42. The van der Waals surface area contributed by atoms with Crippen molar-refractivity contribution in [1.29, 1.82) is 0 Å². The molecule has 2 aliphatic heterocycles. The lowest BCUT2D eigenvalue weighted by Gasteiger charge is -2.41. The molecule has 2 heterocycles. The number of anilines is 2. The Balaban J connectivity index is 1.81. The van der Waals surface area contributed by atoms with Gasteiger partial charge < -0.3 is 4.90 Å². The van der Waals surface area contributed by atoms with Crippen molar-refractivity contribution in [3.05, 3.63) is 70.3 Å². The van der Waals surface area contributed by atoms with Gasteiger partial charge in [-0.1, -0.05) is 24.3 Å². The van der Waals surface area contributed by atoms with E-state index in [-0.39, 0.29) is 11.1 Å². The molecule has 164 valence electrons. The van der Waals surface area contributed by atoms with Crippen LogP contribution in [-0.4, -0.2) is 30.4 Å². The minimum absolute atomic E-state index is 0.0676. The maximum absolute atomic E-state index is 13.3. The lowest BCUT2D eigenvalue weighted by Crippen LogP contribution is -2.54. The summed E-state index contributed by atoms with van der Waals surface area (Å²) in [7, 11) is 2.06. The van der Waals surface area contributed by atoms with Gasteiger partial charge in [-0.2, -0.15) is 0 Å². The average Bonchev–Trinajstić information content (AvgIpc) is 2.71. The Hall–Kier alpha value is -3.67. The Morgan fingerprint density at radius 1 is 0.938 bits per heavy atom. The second kappa shape index (κ2) is 7.48. The highest BCUT2D eigenvalue weighted by molar-refractivity contribution is 6.39. The standard InChI is InChI=1S/C26H27N3O3/c1-15-9-7-8-10-21(15)29-24(31)20(23(30)27-25(29)32)13-18-12-19-17(3)14-26(4,5)28(6)22(19)11-16(18)2/h7-14H,1-6H3,(H,27,30,32)/b20-13+. The summed E-state index contributed by atoms with van der Waals surface area (Å²) in [6.45, 7) is 10.2. The number of hydrogen-bond acceptors (Lipinski definition) is 4. The van der Waals surface area contributed by atoms with Crippen molar-refractivity contribution < 1.29 is 14.4 Å². The van der Waals surface area contributed by atoms with Crippen LogP contribution in [0.4, 0.5) is 16.2 Å². The molecule has 1 saturated heterocycles. The summed E-state index contributed by atoms with van der Waals surface area (Å²) in [5, 5.41) is 2.30. The van der Waals surface area contributed by atoms with Gasteiger partial charge in [0.15, 0.2) is 0 Å². The van der Waals surface area contributed by atoms with Gasteiger partial charge in [0.2, 0.25) is 0 Å². The number of urea groups is 1. The number of aryl methyl sites for hydroxylation is 2. The van der Waals surface area contributed by atoms with E-state index in [0.717, 1.165) is 38.4 Å². The molecule has 6 heteroatoms. The highest BCUT2D eigenvalue weighted by Gasteiger charge is 2.37. The van der Waals surface area contributed by atoms with E-state index in [1.54, 1.807) is 18.2 Å². The first-order chi connectivity index (χ1) is 15.0. The van der Waals surface area contributed by atoms with Crippen molar-refractivity contribution in [1.82, 2.24) is 5.32 Å². The fraction of sp³-hybridized carbons (Fsp3) is 0.269. The van der Waals surface area contributed by atoms with Crippen LogP contribution in [0, 0.1) is 13.8 Å². The largest absolute Gasteiger partial charge is 0.365 e. The van der Waals surface area contributed by atoms with Crippen LogP contribution in [-0.2, 0) is 9.59 Å². The topological polar surface area (TPSA) is 69.7 Å². The molecule has 0 saturated carbocycles. The molecular formula is C26H27N3O3. The number of nitrogens with zero attached hydrogens (tertiary/aromatic N) is 2. The number of hydrogen-bond donors (Lipinski definition) is 1. The molecule has 0 bridgehead atoms. The molecule has 1 fully saturated rings. The molecule has 2 aromatic rings. The molecule has 1 N–H and O–H groups in total. The molecule has 4 amide bonds. The van der Waals surface area contributed by atoms with E-state index in [1.165, 1.54) is 0 Å². The first kappa shape index (κ1) is 21.6. The molecule has 2 aliphatic rings. The molecule has 0 unspecified atom stereocenters. The van der Waals surface area contributed by atoms with Crippen molar-refractivity contribution in [3.63, 3.8) is 0 Å². The number of carbonyl (C=O) groups is 3. The highest BCUT2D eigenvalue weighted by Crippen LogP contribution is 2.39. The van der Waals surface area contributed by atoms with Crippen molar-refractivity contribution >= 4 is 40.9 Å². The SMILES string of the molecule is CC1=CC(C)(C)N(C)c2cc(C)c(/C=C3\C(=O)NC(=O)N(c4ccccc4C)C3=O)cc21. The van der Waals surface area contributed by atoms with Crippen LogP contribution in [0.25, 0.3) is 11.6 Å². The third-order valence-corrected chi connectivity index (χ3v) is 6.36. The molecular weight excluding hydrogens is 402 g/mol. The van der Waals surface area contributed by atoms with Crippen LogP contribution < -0.4 is 15.1 Å². The Kier molecular flexibility index (Phi) is 5.04. The lowest BCUT2D eigenvalue weighted by atomic mass is 9.87. The summed E-state index contributed by atoms with van der Waals surface area (Å²) in [6, 6.07) is 10.4. The normalized spacial score (nSPS) is 19.1. The Bertz CT molecular complexity index is 1240. The van der Waals surface area contributed by atoms with Gasteiger partial charge in [-0.3, -0.25) is 14.9 Å². The summed E-state index contributed by atoms with van der Waals surface area (Å²) in [5.74, 6) is -1.32. The second-order valence-corrected chi connectivity index (χ2v) is 9.01. The predicted octanol–water partition coefficient (Wildman–Crippen LogP) is 4.60. The van der Waals surface area contributed by atoms with Crippen molar-refractivity contribution in [2.75, 3.05) is 16.8 Å². The molecule has 0 aliphatic carbocycles.